The van der Waals surface area contributed by atoms with Gasteiger partial charge in [0.15, 0.2) is 0 Å². The van der Waals surface area contributed by atoms with E-state index in [1.807, 2.05) is 24.2 Å². The third-order valence-corrected chi connectivity index (χ3v) is 4.93. The van der Waals surface area contributed by atoms with Crippen LogP contribution in [0.15, 0.2) is 5.51 Å². The molecule has 2 rings (SSSR count). The van der Waals surface area contributed by atoms with Gasteiger partial charge in [0.1, 0.15) is 0 Å². The Hall–Kier alpha value is -0.100. The van der Waals surface area contributed by atoms with Crippen molar-refractivity contribution in [1.82, 2.24) is 10.3 Å². The fourth-order valence-corrected chi connectivity index (χ4v) is 3.83. The molecule has 0 unspecified atom stereocenters. The molecule has 2 heterocycles. The highest BCUT2D eigenvalue weighted by atomic mass is 32.2. The van der Waals surface area contributed by atoms with E-state index in [9.17, 15) is 5.11 Å². The summed E-state index contributed by atoms with van der Waals surface area (Å²) >= 11 is 3.61. The smallest absolute Gasteiger partial charge is 0.0798 e. The van der Waals surface area contributed by atoms with Gasteiger partial charge in [-0.1, -0.05) is 0 Å². The van der Waals surface area contributed by atoms with E-state index < -0.39 is 5.60 Å². The van der Waals surface area contributed by atoms with E-state index in [-0.39, 0.29) is 0 Å². The molecule has 0 amide bonds. The lowest BCUT2D eigenvalue weighted by molar-refractivity contribution is 0.0320. The van der Waals surface area contributed by atoms with Crippen molar-refractivity contribution in [1.29, 1.82) is 0 Å². The van der Waals surface area contributed by atoms with Crippen molar-refractivity contribution in [3.05, 3.63) is 16.1 Å². The van der Waals surface area contributed by atoms with Gasteiger partial charge in [-0.05, 0) is 31.3 Å². The Kier molecular flexibility index (Phi) is 4.24. The Morgan fingerprint density at radius 2 is 2.25 bits per heavy atom. The van der Waals surface area contributed by atoms with E-state index in [4.69, 9.17) is 0 Å². The van der Waals surface area contributed by atoms with Crippen molar-refractivity contribution in [3.63, 3.8) is 0 Å². The molecule has 5 heteroatoms. The summed E-state index contributed by atoms with van der Waals surface area (Å²) in [5, 5.41) is 13.6. The number of aromatic nitrogens is 1. The van der Waals surface area contributed by atoms with Crippen molar-refractivity contribution >= 4 is 23.1 Å². The zero-order valence-electron chi connectivity index (χ0n) is 9.53. The first-order valence-electron chi connectivity index (χ1n) is 5.59. The first kappa shape index (κ1) is 12.4. The van der Waals surface area contributed by atoms with Gasteiger partial charge in [-0.3, -0.25) is 0 Å². The third-order valence-electron chi connectivity index (χ3n) is 3.01. The number of rotatable bonds is 4. The van der Waals surface area contributed by atoms with Gasteiger partial charge in [-0.15, -0.1) is 11.3 Å². The molecule has 1 aliphatic heterocycles. The topological polar surface area (TPSA) is 45.2 Å². The number of nitrogens with zero attached hydrogens (tertiary/aromatic N) is 1. The summed E-state index contributed by atoms with van der Waals surface area (Å²) in [7, 11) is 0. The molecule has 90 valence electrons. The molecule has 0 aliphatic carbocycles. The van der Waals surface area contributed by atoms with Crippen LogP contribution in [0.1, 0.15) is 23.4 Å². The van der Waals surface area contributed by atoms with Gasteiger partial charge in [-0.2, -0.15) is 11.8 Å². The van der Waals surface area contributed by atoms with Crippen molar-refractivity contribution in [2.24, 2.45) is 0 Å². The Morgan fingerprint density at radius 3 is 2.88 bits per heavy atom. The zero-order valence-corrected chi connectivity index (χ0v) is 11.2. The molecule has 0 aromatic carbocycles. The van der Waals surface area contributed by atoms with E-state index in [0.29, 0.717) is 6.54 Å². The van der Waals surface area contributed by atoms with Crippen LogP contribution in [0.3, 0.4) is 0 Å². The molecule has 0 radical (unpaired) electrons. The van der Waals surface area contributed by atoms with Crippen LogP contribution in [-0.2, 0) is 6.54 Å². The first-order valence-corrected chi connectivity index (χ1v) is 7.63. The lowest BCUT2D eigenvalue weighted by Crippen LogP contribution is -2.43. The second-order valence-electron chi connectivity index (χ2n) is 4.30. The molecular weight excluding hydrogens is 240 g/mol. The van der Waals surface area contributed by atoms with E-state index in [1.165, 1.54) is 4.88 Å². The molecule has 1 aromatic rings. The molecule has 3 nitrogen and oxygen atoms in total. The SMILES string of the molecule is Cc1ncsc1CNCC1(O)CCSCC1. The van der Waals surface area contributed by atoms with Crippen LogP contribution in [0, 0.1) is 6.92 Å². The minimum Gasteiger partial charge on any atom is -0.389 e. The highest BCUT2D eigenvalue weighted by Gasteiger charge is 2.28. The summed E-state index contributed by atoms with van der Waals surface area (Å²) in [5.41, 5.74) is 2.49. The predicted molar refractivity (Wildman–Crippen MR) is 70.1 cm³/mol. The van der Waals surface area contributed by atoms with Gasteiger partial charge in [-0.25, -0.2) is 4.98 Å². The Balaban J connectivity index is 1.77. The van der Waals surface area contributed by atoms with Gasteiger partial charge in [0.2, 0.25) is 0 Å². The molecule has 0 bridgehead atoms. The molecule has 1 fully saturated rings. The summed E-state index contributed by atoms with van der Waals surface area (Å²) < 4.78 is 0. The number of nitrogens with one attached hydrogen (secondary N) is 1. The van der Waals surface area contributed by atoms with Crippen molar-refractivity contribution in [2.75, 3.05) is 18.1 Å². The summed E-state index contributed by atoms with van der Waals surface area (Å²) in [6, 6.07) is 0. The minimum absolute atomic E-state index is 0.482. The number of thiazole rings is 1. The maximum Gasteiger partial charge on any atom is 0.0798 e. The van der Waals surface area contributed by atoms with Gasteiger partial charge < -0.3 is 10.4 Å². The highest BCUT2D eigenvalue weighted by Crippen LogP contribution is 2.26. The number of hydrogen-bond donors (Lipinski definition) is 2. The lowest BCUT2D eigenvalue weighted by atomic mass is 9.97. The average Bonchev–Trinajstić information content (AvgIpc) is 2.65. The summed E-state index contributed by atoms with van der Waals surface area (Å²) in [6.07, 6.45) is 1.82. The van der Waals surface area contributed by atoms with Crippen LogP contribution in [0.25, 0.3) is 0 Å². The standard InChI is InChI=1S/C11H18N2OS2/c1-9-10(16-8-13-9)6-12-7-11(14)2-4-15-5-3-11/h8,12,14H,2-7H2,1H3. The highest BCUT2D eigenvalue weighted by molar-refractivity contribution is 7.99. The number of thioether (sulfide) groups is 1. The monoisotopic (exact) mass is 258 g/mol. The van der Waals surface area contributed by atoms with Crippen LogP contribution in [-0.4, -0.2) is 33.7 Å². The quantitative estimate of drug-likeness (QED) is 0.864. The molecular formula is C11H18N2OS2. The van der Waals surface area contributed by atoms with Gasteiger partial charge in [0.05, 0.1) is 16.8 Å². The van der Waals surface area contributed by atoms with Gasteiger partial charge >= 0.3 is 0 Å². The largest absolute Gasteiger partial charge is 0.389 e. The lowest BCUT2D eigenvalue weighted by Gasteiger charge is -2.31. The molecule has 1 aliphatic rings. The van der Waals surface area contributed by atoms with Gasteiger partial charge in [0.25, 0.3) is 0 Å². The Bertz CT molecular complexity index is 334. The van der Waals surface area contributed by atoms with Crippen LogP contribution < -0.4 is 5.32 Å². The first-order chi connectivity index (χ1) is 7.70. The van der Waals surface area contributed by atoms with Crippen molar-refractivity contribution in [2.45, 2.75) is 31.9 Å². The fraction of sp³-hybridized carbons (Fsp3) is 0.727. The van der Waals surface area contributed by atoms with E-state index in [2.05, 4.69) is 10.3 Å². The van der Waals surface area contributed by atoms with E-state index in [1.54, 1.807) is 11.3 Å². The molecule has 0 atom stereocenters. The maximum atomic E-state index is 10.3. The number of hydrogen-bond acceptors (Lipinski definition) is 5. The van der Waals surface area contributed by atoms with Crippen LogP contribution in [0.5, 0.6) is 0 Å². The van der Waals surface area contributed by atoms with Gasteiger partial charge in [0, 0.05) is 18.0 Å². The minimum atomic E-state index is -0.482. The number of aliphatic hydroxyl groups is 1. The average molecular weight is 258 g/mol. The van der Waals surface area contributed by atoms with Crippen molar-refractivity contribution in [3.8, 4) is 0 Å². The molecule has 1 aromatic heterocycles. The molecule has 0 saturated carbocycles. The summed E-state index contributed by atoms with van der Waals surface area (Å²) in [6.45, 7) is 3.55. The Morgan fingerprint density at radius 1 is 1.50 bits per heavy atom. The van der Waals surface area contributed by atoms with E-state index in [0.717, 1.165) is 36.6 Å². The molecule has 0 spiro atoms. The molecule has 1 saturated heterocycles. The van der Waals surface area contributed by atoms with E-state index >= 15 is 0 Å². The maximum absolute atomic E-state index is 10.3. The van der Waals surface area contributed by atoms with Crippen molar-refractivity contribution < 1.29 is 5.11 Å². The number of aryl methyl sites for hydroxylation is 1. The summed E-state index contributed by atoms with van der Waals surface area (Å²) in [5.74, 6) is 2.16. The predicted octanol–water partition coefficient (Wildman–Crippen LogP) is 1.80. The van der Waals surface area contributed by atoms with Crippen LogP contribution in [0.4, 0.5) is 0 Å². The second kappa shape index (κ2) is 5.49. The zero-order chi connectivity index (χ0) is 11.4. The normalized spacial score (nSPS) is 19.9. The second-order valence-corrected chi connectivity index (χ2v) is 6.47. The fourth-order valence-electron chi connectivity index (χ4n) is 1.83. The van der Waals surface area contributed by atoms with Crippen LogP contribution in [0.2, 0.25) is 0 Å². The van der Waals surface area contributed by atoms with Crippen LogP contribution >= 0.6 is 23.1 Å². The third kappa shape index (κ3) is 3.20. The summed E-state index contributed by atoms with van der Waals surface area (Å²) in [4.78, 5) is 5.48. The Labute approximate surface area is 105 Å². The molecule has 16 heavy (non-hydrogen) atoms. The molecule has 2 N–H and O–H groups in total.